The monoisotopic (exact) mass is 202 g/mol. The lowest BCUT2D eigenvalue weighted by Crippen LogP contribution is -2.48. The molecule has 2 atom stereocenters. The summed E-state index contributed by atoms with van der Waals surface area (Å²) in [7, 11) is 2.08. The van der Waals surface area contributed by atoms with Crippen molar-refractivity contribution in [2.24, 2.45) is 0 Å². The molecule has 2 nitrogen and oxygen atoms in total. The fraction of sp³-hybridized carbons (Fsp3) is 1.00. The summed E-state index contributed by atoms with van der Waals surface area (Å²) in [6.45, 7) is 4.87. The summed E-state index contributed by atoms with van der Waals surface area (Å²) in [5, 5.41) is 3.38. The average Bonchev–Trinajstić information content (AvgIpc) is 2.18. The predicted molar refractivity (Wildman–Crippen MR) is 61.5 cm³/mol. The molecule has 0 saturated carbocycles. The van der Waals surface area contributed by atoms with Crippen molar-refractivity contribution in [2.45, 2.75) is 31.8 Å². The number of likely N-dealkylation sites (tertiary alicyclic amines) is 1. The third-order valence-electron chi connectivity index (χ3n) is 2.89. The highest BCUT2D eigenvalue weighted by Gasteiger charge is 2.21. The number of hydrogen-bond donors (Lipinski definition) is 1. The number of likely N-dealkylation sites (N-methyl/N-ethyl adjacent to an activating group) is 1. The average molecular weight is 202 g/mol. The summed E-state index contributed by atoms with van der Waals surface area (Å²) in [5.41, 5.74) is 0. The van der Waals surface area contributed by atoms with Crippen LogP contribution in [0.2, 0.25) is 0 Å². The molecule has 1 aliphatic rings. The van der Waals surface area contributed by atoms with Crippen LogP contribution in [0.25, 0.3) is 0 Å². The minimum atomic E-state index is 0.720. The highest BCUT2D eigenvalue weighted by atomic mass is 32.2. The smallest absolute Gasteiger partial charge is 0.0192 e. The molecule has 0 bridgehead atoms. The van der Waals surface area contributed by atoms with Crippen molar-refractivity contribution in [3.8, 4) is 0 Å². The molecule has 1 fully saturated rings. The van der Waals surface area contributed by atoms with Gasteiger partial charge in [-0.15, -0.1) is 0 Å². The van der Waals surface area contributed by atoms with Gasteiger partial charge in [-0.05, 0) is 39.6 Å². The zero-order valence-corrected chi connectivity index (χ0v) is 9.86. The molecule has 1 heterocycles. The Morgan fingerprint density at radius 2 is 2.38 bits per heavy atom. The minimum Gasteiger partial charge on any atom is -0.316 e. The van der Waals surface area contributed by atoms with Crippen LogP contribution in [0.1, 0.15) is 19.8 Å². The first-order valence-corrected chi connectivity index (χ1v) is 6.57. The van der Waals surface area contributed by atoms with Gasteiger partial charge in [0.15, 0.2) is 0 Å². The Bertz CT molecular complexity index is 141. The molecule has 0 aromatic heterocycles. The third-order valence-corrected chi connectivity index (χ3v) is 3.71. The zero-order valence-electron chi connectivity index (χ0n) is 9.05. The molecule has 1 saturated heterocycles. The maximum Gasteiger partial charge on any atom is 0.0192 e. The first kappa shape index (κ1) is 11.3. The number of nitrogens with one attached hydrogen (secondary N) is 1. The van der Waals surface area contributed by atoms with Crippen LogP contribution in [0, 0.1) is 0 Å². The van der Waals surface area contributed by atoms with E-state index in [1.807, 2.05) is 11.8 Å². The fourth-order valence-corrected chi connectivity index (χ4v) is 2.68. The maximum atomic E-state index is 3.38. The van der Waals surface area contributed by atoms with Gasteiger partial charge in [0.25, 0.3) is 0 Å². The van der Waals surface area contributed by atoms with Gasteiger partial charge < -0.3 is 5.32 Å². The molecule has 0 radical (unpaired) electrons. The maximum absolute atomic E-state index is 3.38. The Morgan fingerprint density at radius 1 is 1.62 bits per heavy atom. The van der Waals surface area contributed by atoms with Crippen LogP contribution >= 0.6 is 11.8 Å². The van der Waals surface area contributed by atoms with E-state index in [2.05, 4.69) is 30.4 Å². The second-order valence-electron chi connectivity index (χ2n) is 3.93. The lowest BCUT2D eigenvalue weighted by molar-refractivity contribution is 0.160. The Kier molecular flexibility index (Phi) is 5.14. The van der Waals surface area contributed by atoms with E-state index >= 15 is 0 Å². The number of nitrogens with zero attached hydrogens (tertiary/aromatic N) is 1. The van der Waals surface area contributed by atoms with Gasteiger partial charge in [-0.1, -0.05) is 0 Å². The minimum absolute atomic E-state index is 0.720. The lowest BCUT2D eigenvalue weighted by Gasteiger charge is -2.36. The van der Waals surface area contributed by atoms with E-state index in [4.69, 9.17) is 0 Å². The number of hydrogen-bond acceptors (Lipinski definition) is 3. The molecule has 0 spiro atoms. The second-order valence-corrected chi connectivity index (χ2v) is 4.84. The van der Waals surface area contributed by atoms with E-state index in [9.17, 15) is 0 Å². The third kappa shape index (κ3) is 3.49. The van der Waals surface area contributed by atoms with E-state index in [-0.39, 0.29) is 0 Å². The lowest BCUT2D eigenvalue weighted by atomic mass is 10.0. The van der Waals surface area contributed by atoms with Gasteiger partial charge in [0, 0.05) is 24.4 Å². The molecule has 3 heteroatoms. The van der Waals surface area contributed by atoms with Crippen molar-refractivity contribution in [1.29, 1.82) is 0 Å². The quantitative estimate of drug-likeness (QED) is 0.742. The summed E-state index contributed by atoms with van der Waals surface area (Å²) in [6.07, 6.45) is 4.89. The van der Waals surface area contributed by atoms with Crippen LogP contribution in [0.4, 0.5) is 0 Å². The predicted octanol–water partition coefficient (Wildman–Crippen LogP) is 1.42. The molecular formula is C10H22N2S. The molecule has 0 aromatic rings. The van der Waals surface area contributed by atoms with Crippen LogP contribution in [0.15, 0.2) is 0 Å². The van der Waals surface area contributed by atoms with Gasteiger partial charge in [-0.2, -0.15) is 11.8 Å². The summed E-state index contributed by atoms with van der Waals surface area (Å²) >= 11 is 1.95. The van der Waals surface area contributed by atoms with Gasteiger partial charge in [0.2, 0.25) is 0 Å². The van der Waals surface area contributed by atoms with Gasteiger partial charge in [-0.25, -0.2) is 0 Å². The number of piperidine rings is 1. The van der Waals surface area contributed by atoms with Crippen molar-refractivity contribution in [3.63, 3.8) is 0 Å². The van der Waals surface area contributed by atoms with Gasteiger partial charge in [0.1, 0.15) is 0 Å². The summed E-state index contributed by atoms with van der Waals surface area (Å²) in [5.74, 6) is 1.26. The molecule has 78 valence electrons. The first-order chi connectivity index (χ1) is 6.27. The van der Waals surface area contributed by atoms with Crippen LogP contribution in [0.5, 0.6) is 0 Å². The molecule has 2 unspecified atom stereocenters. The molecule has 1 rings (SSSR count). The Labute approximate surface area is 86.5 Å². The largest absolute Gasteiger partial charge is 0.316 e. The van der Waals surface area contributed by atoms with Crippen molar-refractivity contribution in [1.82, 2.24) is 10.2 Å². The van der Waals surface area contributed by atoms with Crippen LogP contribution in [-0.4, -0.2) is 49.1 Å². The van der Waals surface area contributed by atoms with Gasteiger partial charge in [0.05, 0.1) is 0 Å². The Balaban J connectivity index is 2.32. The summed E-state index contributed by atoms with van der Waals surface area (Å²) < 4.78 is 0. The summed E-state index contributed by atoms with van der Waals surface area (Å²) in [4.78, 5) is 2.61. The molecule has 0 amide bonds. The SMILES string of the molecule is CNC1CCCN(C(C)CSC)C1. The van der Waals surface area contributed by atoms with Crippen LogP contribution in [-0.2, 0) is 0 Å². The van der Waals surface area contributed by atoms with E-state index in [0.29, 0.717) is 0 Å². The van der Waals surface area contributed by atoms with Crippen LogP contribution in [0.3, 0.4) is 0 Å². The fourth-order valence-electron chi connectivity index (χ4n) is 1.99. The summed E-state index contributed by atoms with van der Waals surface area (Å²) in [6, 6.07) is 1.46. The van der Waals surface area contributed by atoms with E-state index in [0.717, 1.165) is 12.1 Å². The first-order valence-electron chi connectivity index (χ1n) is 5.18. The number of rotatable bonds is 4. The van der Waals surface area contributed by atoms with Gasteiger partial charge in [-0.3, -0.25) is 4.90 Å². The molecule has 0 aromatic carbocycles. The van der Waals surface area contributed by atoms with Crippen molar-refractivity contribution in [3.05, 3.63) is 0 Å². The highest BCUT2D eigenvalue weighted by molar-refractivity contribution is 7.98. The Hall–Kier alpha value is 0.270. The zero-order chi connectivity index (χ0) is 9.68. The topological polar surface area (TPSA) is 15.3 Å². The molecule has 1 N–H and O–H groups in total. The second kappa shape index (κ2) is 5.89. The van der Waals surface area contributed by atoms with Crippen molar-refractivity contribution >= 4 is 11.8 Å². The van der Waals surface area contributed by atoms with E-state index < -0.39 is 0 Å². The Morgan fingerprint density at radius 3 is 3.00 bits per heavy atom. The van der Waals surface area contributed by atoms with Crippen molar-refractivity contribution in [2.75, 3.05) is 32.1 Å². The van der Waals surface area contributed by atoms with E-state index in [1.165, 1.54) is 31.7 Å². The normalized spacial score (nSPS) is 27.5. The standard InChI is InChI=1S/C10H22N2S/c1-9(8-13-3)12-6-4-5-10(7-12)11-2/h9-11H,4-8H2,1-3H3. The molecule has 13 heavy (non-hydrogen) atoms. The van der Waals surface area contributed by atoms with Crippen LogP contribution < -0.4 is 5.32 Å². The molecule has 0 aliphatic carbocycles. The van der Waals surface area contributed by atoms with Crippen molar-refractivity contribution < 1.29 is 0 Å². The van der Waals surface area contributed by atoms with E-state index in [1.54, 1.807) is 0 Å². The number of thioether (sulfide) groups is 1. The molecule has 1 aliphatic heterocycles. The molecular weight excluding hydrogens is 180 g/mol. The highest BCUT2D eigenvalue weighted by Crippen LogP contribution is 2.14. The van der Waals surface area contributed by atoms with Gasteiger partial charge >= 0.3 is 0 Å².